The summed E-state index contributed by atoms with van der Waals surface area (Å²) >= 11 is 6.02. The lowest BCUT2D eigenvalue weighted by atomic mass is 10.1. The topological polar surface area (TPSA) is 64.3 Å². The number of benzene rings is 1. The van der Waals surface area contributed by atoms with E-state index in [1.54, 1.807) is 18.2 Å². The second-order valence-corrected chi connectivity index (χ2v) is 5.38. The van der Waals surface area contributed by atoms with Gasteiger partial charge in [0.15, 0.2) is 0 Å². The van der Waals surface area contributed by atoms with Crippen molar-refractivity contribution in [1.29, 1.82) is 0 Å². The van der Waals surface area contributed by atoms with Crippen LogP contribution in [-0.4, -0.2) is 18.2 Å². The molecule has 0 radical (unpaired) electrons. The van der Waals surface area contributed by atoms with Crippen LogP contribution in [0.3, 0.4) is 0 Å². The van der Waals surface area contributed by atoms with Gasteiger partial charge < -0.3 is 10.5 Å². The Balaban J connectivity index is 2.73. The molecule has 0 atom stereocenters. The van der Waals surface area contributed by atoms with Crippen LogP contribution in [0.25, 0.3) is 0 Å². The Morgan fingerprint density at radius 1 is 1.44 bits per heavy atom. The fourth-order valence-corrected chi connectivity index (χ4v) is 1.63. The first-order chi connectivity index (χ1) is 8.31. The molecule has 0 bridgehead atoms. The van der Waals surface area contributed by atoms with Gasteiger partial charge in [0.2, 0.25) is 0 Å². The number of rotatable bonds is 3. The summed E-state index contributed by atoms with van der Waals surface area (Å²) in [6.07, 6.45) is 0.186. The molecule has 1 amide bonds. The SMILES string of the molecule is CC(C)(C)OC(=O)Nc1ccc(Cl)c(CCN)c1. The number of halogens is 1. The van der Waals surface area contributed by atoms with E-state index in [0.717, 1.165) is 5.56 Å². The Kier molecular flexibility index (Phi) is 4.99. The van der Waals surface area contributed by atoms with E-state index in [2.05, 4.69) is 5.32 Å². The molecule has 1 aromatic rings. The van der Waals surface area contributed by atoms with Crippen molar-refractivity contribution < 1.29 is 9.53 Å². The highest BCUT2D eigenvalue weighted by atomic mass is 35.5. The van der Waals surface area contributed by atoms with Crippen molar-refractivity contribution in [2.75, 3.05) is 11.9 Å². The fraction of sp³-hybridized carbons (Fsp3) is 0.462. The van der Waals surface area contributed by atoms with Gasteiger partial charge in [-0.05, 0) is 57.5 Å². The van der Waals surface area contributed by atoms with Crippen LogP contribution in [0.1, 0.15) is 26.3 Å². The zero-order valence-electron chi connectivity index (χ0n) is 10.9. The van der Waals surface area contributed by atoms with E-state index >= 15 is 0 Å². The Morgan fingerprint density at radius 2 is 2.11 bits per heavy atom. The summed E-state index contributed by atoms with van der Waals surface area (Å²) in [6, 6.07) is 5.27. The van der Waals surface area contributed by atoms with E-state index in [0.29, 0.717) is 23.7 Å². The van der Waals surface area contributed by atoms with Crippen molar-refractivity contribution >= 4 is 23.4 Å². The lowest BCUT2D eigenvalue weighted by Gasteiger charge is -2.19. The largest absolute Gasteiger partial charge is 0.444 e. The number of nitrogens with two attached hydrogens (primary N) is 1. The minimum atomic E-state index is -0.517. The van der Waals surface area contributed by atoms with E-state index in [4.69, 9.17) is 22.1 Å². The fourth-order valence-electron chi connectivity index (χ4n) is 1.42. The number of ether oxygens (including phenoxy) is 1. The molecule has 5 heteroatoms. The van der Waals surface area contributed by atoms with Gasteiger partial charge in [0, 0.05) is 10.7 Å². The predicted molar refractivity (Wildman–Crippen MR) is 74.1 cm³/mol. The summed E-state index contributed by atoms with van der Waals surface area (Å²) in [5.74, 6) is 0. The molecule has 0 spiro atoms. The van der Waals surface area contributed by atoms with Crippen LogP contribution in [0.4, 0.5) is 10.5 Å². The molecule has 100 valence electrons. The first-order valence-electron chi connectivity index (χ1n) is 5.80. The van der Waals surface area contributed by atoms with E-state index in [9.17, 15) is 4.79 Å². The highest BCUT2D eigenvalue weighted by Gasteiger charge is 2.16. The van der Waals surface area contributed by atoms with Crippen molar-refractivity contribution in [2.45, 2.75) is 32.8 Å². The zero-order chi connectivity index (χ0) is 13.8. The second kappa shape index (κ2) is 6.07. The van der Waals surface area contributed by atoms with E-state index in [1.807, 2.05) is 20.8 Å². The molecule has 1 aromatic carbocycles. The molecule has 0 fully saturated rings. The molecule has 0 saturated heterocycles. The third-order valence-electron chi connectivity index (χ3n) is 2.10. The zero-order valence-corrected chi connectivity index (χ0v) is 11.7. The average molecular weight is 271 g/mol. The number of carbonyl (C=O) groups is 1. The number of nitrogens with one attached hydrogen (secondary N) is 1. The predicted octanol–water partition coefficient (Wildman–Crippen LogP) is 3.19. The quantitative estimate of drug-likeness (QED) is 0.887. The molecule has 0 heterocycles. The number of hydrogen-bond donors (Lipinski definition) is 2. The van der Waals surface area contributed by atoms with Gasteiger partial charge in [-0.1, -0.05) is 11.6 Å². The first-order valence-corrected chi connectivity index (χ1v) is 6.18. The van der Waals surface area contributed by atoms with Gasteiger partial charge in [-0.3, -0.25) is 5.32 Å². The van der Waals surface area contributed by atoms with Crippen LogP contribution in [0.2, 0.25) is 5.02 Å². The number of amides is 1. The van der Waals surface area contributed by atoms with Crippen molar-refractivity contribution in [1.82, 2.24) is 0 Å². The Hall–Kier alpha value is -1.26. The normalized spacial score (nSPS) is 11.2. The van der Waals surface area contributed by atoms with Gasteiger partial charge in [0.1, 0.15) is 5.60 Å². The smallest absolute Gasteiger partial charge is 0.412 e. The summed E-state index contributed by atoms with van der Waals surface area (Å²) in [7, 11) is 0. The molecule has 4 nitrogen and oxygen atoms in total. The van der Waals surface area contributed by atoms with Gasteiger partial charge in [-0.15, -0.1) is 0 Å². The van der Waals surface area contributed by atoms with Gasteiger partial charge in [-0.25, -0.2) is 4.79 Å². The lowest BCUT2D eigenvalue weighted by molar-refractivity contribution is 0.0636. The maximum Gasteiger partial charge on any atom is 0.412 e. The molecule has 1 rings (SSSR count). The highest BCUT2D eigenvalue weighted by Crippen LogP contribution is 2.21. The van der Waals surface area contributed by atoms with Crippen molar-refractivity contribution in [2.24, 2.45) is 5.73 Å². The number of hydrogen-bond acceptors (Lipinski definition) is 3. The van der Waals surface area contributed by atoms with Crippen LogP contribution in [0.5, 0.6) is 0 Å². The summed E-state index contributed by atoms with van der Waals surface area (Å²) in [4.78, 5) is 11.6. The highest BCUT2D eigenvalue weighted by molar-refractivity contribution is 6.31. The number of anilines is 1. The molecule has 3 N–H and O–H groups in total. The minimum Gasteiger partial charge on any atom is -0.444 e. The second-order valence-electron chi connectivity index (χ2n) is 4.97. The van der Waals surface area contributed by atoms with Crippen LogP contribution < -0.4 is 11.1 Å². The monoisotopic (exact) mass is 270 g/mol. The summed E-state index contributed by atoms with van der Waals surface area (Å²) in [5, 5.41) is 3.31. The first kappa shape index (κ1) is 14.8. The summed E-state index contributed by atoms with van der Waals surface area (Å²) in [5.41, 5.74) is 6.54. The van der Waals surface area contributed by atoms with Crippen molar-refractivity contribution in [3.63, 3.8) is 0 Å². The molecule has 0 aliphatic heterocycles. The molecule has 0 unspecified atom stereocenters. The third kappa shape index (κ3) is 4.94. The lowest BCUT2D eigenvalue weighted by Crippen LogP contribution is -2.27. The van der Waals surface area contributed by atoms with Gasteiger partial charge in [0.25, 0.3) is 0 Å². The molecular weight excluding hydrogens is 252 g/mol. The average Bonchev–Trinajstić information content (AvgIpc) is 2.20. The summed E-state index contributed by atoms with van der Waals surface area (Å²) < 4.78 is 5.16. The van der Waals surface area contributed by atoms with Crippen LogP contribution in [0.15, 0.2) is 18.2 Å². The molecule has 0 aromatic heterocycles. The summed E-state index contributed by atoms with van der Waals surface area (Å²) in [6.45, 7) is 5.95. The van der Waals surface area contributed by atoms with Crippen molar-refractivity contribution in [3.05, 3.63) is 28.8 Å². The van der Waals surface area contributed by atoms with Crippen molar-refractivity contribution in [3.8, 4) is 0 Å². The number of carbonyl (C=O) groups excluding carboxylic acids is 1. The van der Waals surface area contributed by atoms with Crippen LogP contribution >= 0.6 is 11.6 Å². The maximum atomic E-state index is 11.6. The van der Waals surface area contributed by atoms with Gasteiger partial charge >= 0.3 is 6.09 Å². The van der Waals surface area contributed by atoms with E-state index in [1.165, 1.54) is 0 Å². The van der Waals surface area contributed by atoms with E-state index < -0.39 is 11.7 Å². The molecule has 0 aliphatic rings. The minimum absolute atomic E-state index is 0.483. The van der Waals surface area contributed by atoms with E-state index in [-0.39, 0.29) is 0 Å². The standard InChI is InChI=1S/C13H19ClN2O2/c1-13(2,3)18-12(17)16-10-4-5-11(14)9(8-10)6-7-15/h4-5,8H,6-7,15H2,1-3H3,(H,16,17). The molecule has 0 saturated carbocycles. The third-order valence-corrected chi connectivity index (χ3v) is 2.47. The Labute approximate surface area is 112 Å². The van der Waals surface area contributed by atoms with Crippen LogP contribution in [0, 0.1) is 0 Å². The molecular formula is C13H19ClN2O2. The van der Waals surface area contributed by atoms with Crippen LogP contribution in [-0.2, 0) is 11.2 Å². The molecule has 0 aliphatic carbocycles. The Bertz CT molecular complexity index is 427. The maximum absolute atomic E-state index is 11.6. The van der Waals surface area contributed by atoms with Gasteiger partial charge in [-0.2, -0.15) is 0 Å². The molecule has 18 heavy (non-hydrogen) atoms. The van der Waals surface area contributed by atoms with Gasteiger partial charge in [0.05, 0.1) is 0 Å². The Morgan fingerprint density at radius 3 is 2.67 bits per heavy atom.